The van der Waals surface area contributed by atoms with E-state index in [4.69, 9.17) is 23.8 Å². The molecule has 0 atom stereocenters. The van der Waals surface area contributed by atoms with Crippen LogP contribution in [0.1, 0.15) is 5.56 Å². The van der Waals surface area contributed by atoms with Gasteiger partial charge < -0.3 is 0 Å². The number of hydrogen-bond acceptors (Lipinski definition) is 5. The normalized spacial score (nSPS) is 16.7. The first-order valence-electron chi connectivity index (χ1n) is 6.98. The van der Waals surface area contributed by atoms with Gasteiger partial charge in [0.2, 0.25) is 0 Å². The van der Waals surface area contributed by atoms with Gasteiger partial charge in [0.05, 0.1) is 9.80 Å². The molecule has 1 N–H and O–H groups in total. The SMILES string of the molecule is O=C1/C(=C\c2cccc(Cl)c2)SC(=S)N1NS(=O)(=O)c1ccccc1. The number of benzene rings is 2. The average molecular weight is 411 g/mol. The van der Waals surface area contributed by atoms with Crippen LogP contribution in [-0.2, 0) is 14.8 Å². The lowest BCUT2D eigenvalue weighted by atomic mass is 10.2. The average Bonchev–Trinajstić information content (AvgIpc) is 2.83. The predicted octanol–water partition coefficient (Wildman–Crippen LogP) is 3.43. The van der Waals surface area contributed by atoms with Gasteiger partial charge >= 0.3 is 0 Å². The van der Waals surface area contributed by atoms with Crippen LogP contribution in [0.2, 0.25) is 5.02 Å². The van der Waals surface area contributed by atoms with Crippen LogP contribution in [0.5, 0.6) is 0 Å². The molecule has 0 aromatic heterocycles. The first-order valence-corrected chi connectivity index (χ1v) is 10.1. The molecule has 1 heterocycles. The number of nitrogens with one attached hydrogen (secondary N) is 1. The number of thiocarbonyl (C=S) groups is 1. The summed E-state index contributed by atoms with van der Waals surface area (Å²) in [6.45, 7) is 0. The minimum absolute atomic E-state index is 0.0443. The van der Waals surface area contributed by atoms with Crippen molar-refractivity contribution < 1.29 is 13.2 Å². The number of sulfonamides is 1. The summed E-state index contributed by atoms with van der Waals surface area (Å²) in [5, 5.41) is 1.40. The number of halogens is 1. The largest absolute Gasteiger partial charge is 0.281 e. The molecule has 1 aliphatic heterocycles. The van der Waals surface area contributed by atoms with Crippen LogP contribution >= 0.6 is 35.6 Å². The van der Waals surface area contributed by atoms with Gasteiger partial charge in [-0.3, -0.25) is 4.79 Å². The van der Waals surface area contributed by atoms with Gasteiger partial charge in [0.1, 0.15) is 0 Å². The van der Waals surface area contributed by atoms with Crippen molar-refractivity contribution in [3.63, 3.8) is 0 Å². The van der Waals surface area contributed by atoms with Crippen molar-refractivity contribution in [1.82, 2.24) is 9.84 Å². The van der Waals surface area contributed by atoms with E-state index >= 15 is 0 Å². The molecule has 2 aromatic rings. The molecule has 0 saturated carbocycles. The van der Waals surface area contributed by atoms with Gasteiger partial charge in [0, 0.05) is 5.02 Å². The number of rotatable bonds is 4. The first kappa shape index (κ1) is 18.1. The molecule has 1 fully saturated rings. The highest BCUT2D eigenvalue weighted by molar-refractivity contribution is 8.26. The quantitative estimate of drug-likeness (QED) is 0.617. The molecule has 128 valence electrons. The Balaban J connectivity index is 1.85. The first-order chi connectivity index (χ1) is 11.9. The Labute approximate surface area is 159 Å². The van der Waals surface area contributed by atoms with Crippen molar-refractivity contribution in [2.75, 3.05) is 0 Å². The number of amides is 1. The summed E-state index contributed by atoms with van der Waals surface area (Å²) in [7, 11) is -3.91. The molecule has 9 heteroatoms. The molecule has 1 aliphatic rings. The summed E-state index contributed by atoms with van der Waals surface area (Å²) >= 11 is 12.1. The lowest BCUT2D eigenvalue weighted by Gasteiger charge is -2.15. The molecule has 0 unspecified atom stereocenters. The van der Waals surface area contributed by atoms with E-state index in [9.17, 15) is 13.2 Å². The van der Waals surface area contributed by atoms with Gasteiger partial charge in [-0.15, -0.1) is 4.83 Å². The minimum atomic E-state index is -3.91. The van der Waals surface area contributed by atoms with Crippen LogP contribution < -0.4 is 4.83 Å². The number of nitrogens with zero attached hydrogens (tertiary/aromatic N) is 1. The van der Waals surface area contributed by atoms with E-state index < -0.39 is 15.9 Å². The van der Waals surface area contributed by atoms with E-state index in [1.54, 1.807) is 48.5 Å². The molecule has 3 rings (SSSR count). The molecule has 25 heavy (non-hydrogen) atoms. The van der Waals surface area contributed by atoms with Crippen molar-refractivity contribution in [2.45, 2.75) is 4.90 Å². The maximum absolute atomic E-state index is 12.5. The molecular weight excluding hydrogens is 400 g/mol. The zero-order chi connectivity index (χ0) is 18.0. The highest BCUT2D eigenvalue weighted by atomic mass is 35.5. The monoisotopic (exact) mass is 410 g/mol. The van der Waals surface area contributed by atoms with E-state index in [2.05, 4.69) is 4.83 Å². The molecule has 1 saturated heterocycles. The summed E-state index contributed by atoms with van der Waals surface area (Å²) < 4.78 is 24.9. The summed E-state index contributed by atoms with van der Waals surface area (Å²) in [5.41, 5.74) is 0.721. The van der Waals surface area contributed by atoms with Gasteiger partial charge in [-0.05, 0) is 35.9 Å². The maximum Gasteiger partial charge on any atom is 0.281 e. The van der Waals surface area contributed by atoms with Crippen LogP contribution in [0.3, 0.4) is 0 Å². The van der Waals surface area contributed by atoms with Crippen LogP contribution in [0, 0.1) is 0 Å². The van der Waals surface area contributed by atoms with Crippen LogP contribution in [0.25, 0.3) is 6.08 Å². The van der Waals surface area contributed by atoms with Crippen LogP contribution in [0.4, 0.5) is 0 Å². The number of carbonyl (C=O) groups is 1. The lowest BCUT2D eigenvalue weighted by Crippen LogP contribution is -2.44. The molecular formula is C16H11ClN2O3S3. The highest BCUT2D eigenvalue weighted by Gasteiger charge is 2.35. The smallest absolute Gasteiger partial charge is 0.267 e. The zero-order valence-corrected chi connectivity index (χ0v) is 15.8. The summed E-state index contributed by atoms with van der Waals surface area (Å²) in [6.07, 6.45) is 1.61. The molecule has 2 aromatic carbocycles. The molecule has 0 spiro atoms. The predicted molar refractivity (Wildman–Crippen MR) is 103 cm³/mol. The number of carbonyl (C=O) groups excluding carboxylic acids is 1. The lowest BCUT2D eigenvalue weighted by molar-refractivity contribution is -0.123. The van der Waals surface area contributed by atoms with E-state index in [1.807, 2.05) is 0 Å². The molecule has 0 bridgehead atoms. The van der Waals surface area contributed by atoms with E-state index in [0.29, 0.717) is 9.93 Å². The standard InChI is InChI=1S/C16H11ClN2O3S3/c17-12-6-4-5-11(9-12)10-14-15(20)19(16(23)24-14)18-25(21,22)13-7-2-1-3-8-13/h1-10,18H/b14-10+. The Kier molecular flexibility index (Phi) is 5.26. The second-order valence-electron chi connectivity index (χ2n) is 4.98. The minimum Gasteiger partial charge on any atom is -0.267 e. The third-order valence-electron chi connectivity index (χ3n) is 3.21. The van der Waals surface area contributed by atoms with Gasteiger partial charge in [-0.1, -0.05) is 65.9 Å². The number of thioether (sulfide) groups is 1. The summed E-state index contributed by atoms with van der Waals surface area (Å²) in [5.74, 6) is -0.533. The second-order valence-corrected chi connectivity index (χ2v) is 8.75. The van der Waals surface area contributed by atoms with Gasteiger partial charge in [0.25, 0.3) is 15.9 Å². The Morgan fingerprint density at radius 1 is 1.12 bits per heavy atom. The Morgan fingerprint density at radius 3 is 2.52 bits per heavy atom. The zero-order valence-electron chi connectivity index (χ0n) is 12.5. The third-order valence-corrected chi connectivity index (χ3v) is 6.06. The molecule has 0 radical (unpaired) electrons. The highest BCUT2D eigenvalue weighted by Crippen LogP contribution is 2.32. The summed E-state index contributed by atoms with van der Waals surface area (Å²) in [6, 6.07) is 14.7. The number of hydrazine groups is 1. The topological polar surface area (TPSA) is 66.5 Å². The van der Waals surface area contributed by atoms with Crippen molar-refractivity contribution in [1.29, 1.82) is 0 Å². The van der Waals surface area contributed by atoms with Crippen LogP contribution in [-0.4, -0.2) is 23.7 Å². The Morgan fingerprint density at radius 2 is 1.84 bits per heavy atom. The second kappa shape index (κ2) is 7.27. The Bertz CT molecular complexity index is 975. The van der Waals surface area contributed by atoms with Gasteiger partial charge in [0.15, 0.2) is 4.32 Å². The third kappa shape index (κ3) is 4.10. The summed E-state index contributed by atoms with van der Waals surface area (Å²) in [4.78, 5) is 15.1. The molecule has 5 nitrogen and oxygen atoms in total. The fraction of sp³-hybridized carbons (Fsp3) is 0. The van der Waals surface area contributed by atoms with Crippen molar-refractivity contribution in [3.05, 3.63) is 70.1 Å². The van der Waals surface area contributed by atoms with E-state index in [-0.39, 0.29) is 9.22 Å². The van der Waals surface area contributed by atoms with Crippen LogP contribution in [0.15, 0.2) is 64.4 Å². The fourth-order valence-corrected chi connectivity index (χ4v) is 4.60. The van der Waals surface area contributed by atoms with Crippen molar-refractivity contribution >= 4 is 61.9 Å². The number of hydrogen-bond donors (Lipinski definition) is 1. The molecule has 0 aliphatic carbocycles. The molecule has 1 amide bonds. The fourth-order valence-electron chi connectivity index (χ4n) is 2.07. The van der Waals surface area contributed by atoms with E-state index in [0.717, 1.165) is 22.3 Å². The van der Waals surface area contributed by atoms with Gasteiger partial charge in [-0.25, -0.2) is 13.4 Å². The maximum atomic E-state index is 12.5. The van der Waals surface area contributed by atoms with Crippen molar-refractivity contribution in [3.8, 4) is 0 Å². The van der Waals surface area contributed by atoms with E-state index in [1.165, 1.54) is 12.1 Å². The Hall–Kier alpha value is -1.71. The van der Waals surface area contributed by atoms with Crippen molar-refractivity contribution in [2.24, 2.45) is 0 Å². The van der Waals surface area contributed by atoms with Gasteiger partial charge in [-0.2, -0.15) is 0 Å².